The van der Waals surface area contributed by atoms with Crippen molar-refractivity contribution in [3.8, 4) is 0 Å². The number of aromatic nitrogens is 2. The normalized spacial score (nSPS) is 20.5. The molecule has 132 valence electrons. The predicted octanol–water partition coefficient (Wildman–Crippen LogP) is 0.207. The van der Waals surface area contributed by atoms with Gasteiger partial charge in [0.2, 0.25) is 0 Å². The van der Waals surface area contributed by atoms with Crippen LogP contribution in [-0.2, 0) is 29.0 Å². The average Bonchev–Trinajstić information content (AvgIpc) is 3.19. The van der Waals surface area contributed by atoms with Crippen LogP contribution in [0, 0.1) is 0 Å². The van der Waals surface area contributed by atoms with Gasteiger partial charge >= 0.3 is 5.97 Å². The number of likely N-dealkylation sites (N-methyl/N-ethyl adjacent to an activating group) is 1. The number of rotatable bonds is 5. The Morgan fingerprint density at radius 2 is 2.21 bits per heavy atom. The number of hydrogen-bond donors (Lipinski definition) is 1. The summed E-state index contributed by atoms with van der Waals surface area (Å²) in [6, 6.07) is 0. The van der Waals surface area contributed by atoms with Crippen LogP contribution in [0.2, 0.25) is 0 Å². The molecule has 1 fully saturated rings. The van der Waals surface area contributed by atoms with Crippen LogP contribution in [0.4, 0.5) is 0 Å². The zero-order valence-electron chi connectivity index (χ0n) is 14.2. The van der Waals surface area contributed by atoms with Crippen molar-refractivity contribution in [2.24, 2.45) is 0 Å². The third-order valence-corrected chi connectivity index (χ3v) is 4.61. The van der Waals surface area contributed by atoms with E-state index in [1.807, 2.05) is 19.0 Å². The number of carboxylic acid groups (broad SMARTS) is 1. The average molecular weight is 336 g/mol. The van der Waals surface area contributed by atoms with Crippen LogP contribution in [0.5, 0.6) is 0 Å². The van der Waals surface area contributed by atoms with Gasteiger partial charge in [0.25, 0.3) is 5.91 Å². The first-order chi connectivity index (χ1) is 11.5. The van der Waals surface area contributed by atoms with E-state index in [2.05, 4.69) is 5.10 Å². The summed E-state index contributed by atoms with van der Waals surface area (Å²) in [7, 11) is 3.94. The molecule has 0 spiro atoms. The van der Waals surface area contributed by atoms with E-state index >= 15 is 0 Å². The highest BCUT2D eigenvalue weighted by molar-refractivity contribution is 5.88. The van der Waals surface area contributed by atoms with Crippen molar-refractivity contribution >= 4 is 11.9 Å². The maximum atomic E-state index is 12.5. The number of nitrogens with zero attached hydrogens (tertiary/aromatic N) is 4. The maximum absolute atomic E-state index is 12.5. The summed E-state index contributed by atoms with van der Waals surface area (Å²) in [5.74, 6) is -1.07. The van der Waals surface area contributed by atoms with E-state index in [0.29, 0.717) is 38.2 Å². The van der Waals surface area contributed by atoms with Gasteiger partial charge in [0.1, 0.15) is 6.10 Å². The van der Waals surface area contributed by atoms with Crippen LogP contribution < -0.4 is 0 Å². The fraction of sp³-hybridized carbons (Fsp3) is 0.688. The maximum Gasteiger partial charge on any atom is 0.356 e. The van der Waals surface area contributed by atoms with E-state index in [4.69, 9.17) is 4.74 Å². The number of fused-ring (bicyclic) bond motifs is 1. The Morgan fingerprint density at radius 1 is 1.42 bits per heavy atom. The summed E-state index contributed by atoms with van der Waals surface area (Å²) >= 11 is 0. The van der Waals surface area contributed by atoms with Gasteiger partial charge in [-0.2, -0.15) is 5.10 Å². The molecule has 0 bridgehead atoms. The van der Waals surface area contributed by atoms with E-state index in [9.17, 15) is 14.7 Å². The third kappa shape index (κ3) is 3.29. The lowest BCUT2D eigenvalue weighted by molar-refractivity contribution is -0.141. The fourth-order valence-corrected chi connectivity index (χ4v) is 3.31. The second-order valence-electron chi connectivity index (χ2n) is 6.62. The molecule has 1 aromatic heterocycles. The quantitative estimate of drug-likeness (QED) is 0.827. The van der Waals surface area contributed by atoms with E-state index in [1.54, 1.807) is 9.58 Å². The molecule has 2 aliphatic heterocycles. The van der Waals surface area contributed by atoms with E-state index in [0.717, 1.165) is 25.1 Å². The molecule has 1 amide bonds. The van der Waals surface area contributed by atoms with Gasteiger partial charge in [-0.1, -0.05) is 0 Å². The topological polar surface area (TPSA) is 87.9 Å². The highest BCUT2D eigenvalue weighted by Gasteiger charge is 2.34. The molecule has 0 aliphatic carbocycles. The van der Waals surface area contributed by atoms with Crippen molar-refractivity contribution in [1.82, 2.24) is 19.6 Å². The largest absolute Gasteiger partial charge is 0.476 e. The molecule has 1 saturated heterocycles. The molecule has 0 aromatic carbocycles. The molecule has 3 rings (SSSR count). The van der Waals surface area contributed by atoms with Gasteiger partial charge in [0.15, 0.2) is 5.69 Å². The highest BCUT2D eigenvalue weighted by Crippen LogP contribution is 2.25. The molecule has 0 unspecified atom stereocenters. The Balaban J connectivity index is 1.81. The second kappa shape index (κ2) is 6.90. The van der Waals surface area contributed by atoms with E-state index < -0.39 is 5.97 Å². The van der Waals surface area contributed by atoms with Gasteiger partial charge in [-0.05, 0) is 26.9 Å². The predicted molar refractivity (Wildman–Crippen MR) is 85.8 cm³/mol. The Labute approximate surface area is 141 Å². The van der Waals surface area contributed by atoms with Gasteiger partial charge in [-0.15, -0.1) is 0 Å². The minimum atomic E-state index is -1.04. The smallest absolute Gasteiger partial charge is 0.356 e. The summed E-state index contributed by atoms with van der Waals surface area (Å²) in [5, 5.41) is 13.7. The van der Waals surface area contributed by atoms with Crippen LogP contribution in [-0.4, -0.2) is 76.5 Å². The zero-order chi connectivity index (χ0) is 17.3. The van der Waals surface area contributed by atoms with Crippen LogP contribution in [0.1, 0.15) is 34.6 Å². The second-order valence-corrected chi connectivity index (χ2v) is 6.62. The first kappa shape index (κ1) is 16.9. The Kier molecular flexibility index (Phi) is 4.86. The highest BCUT2D eigenvalue weighted by atomic mass is 16.5. The lowest BCUT2D eigenvalue weighted by Gasteiger charge is -2.29. The van der Waals surface area contributed by atoms with Crippen molar-refractivity contribution < 1.29 is 19.4 Å². The fourth-order valence-electron chi connectivity index (χ4n) is 3.31. The van der Waals surface area contributed by atoms with Crippen molar-refractivity contribution in [3.05, 3.63) is 17.0 Å². The van der Waals surface area contributed by atoms with Gasteiger partial charge in [0, 0.05) is 43.9 Å². The molecule has 1 aromatic rings. The summed E-state index contributed by atoms with van der Waals surface area (Å²) in [6.07, 6.45) is 1.90. The van der Waals surface area contributed by atoms with Crippen LogP contribution >= 0.6 is 0 Å². The molecule has 0 saturated carbocycles. The number of amides is 1. The molecular weight excluding hydrogens is 312 g/mol. The van der Waals surface area contributed by atoms with Crippen LogP contribution in [0.15, 0.2) is 0 Å². The van der Waals surface area contributed by atoms with Gasteiger partial charge in [0.05, 0.1) is 6.54 Å². The number of ether oxygens (including phenoxy) is 1. The minimum Gasteiger partial charge on any atom is -0.476 e. The summed E-state index contributed by atoms with van der Waals surface area (Å²) < 4.78 is 7.25. The molecule has 8 nitrogen and oxygen atoms in total. The molecule has 24 heavy (non-hydrogen) atoms. The van der Waals surface area contributed by atoms with Crippen molar-refractivity contribution in [1.29, 1.82) is 0 Å². The van der Waals surface area contributed by atoms with Crippen molar-refractivity contribution in [3.63, 3.8) is 0 Å². The summed E-state index contributed by atoms with van der Waals surface area (Å²) in [5.41, 5.74) is 1.66. The van der Waals surface area contributed by atoms with E-state index in [-0.39, 0.29) is 17.7 Å². The SMILES string of the molecule is CN(C)CCn1nc(C(=O)O)c2c1CCN(C(=O)[C@H]1CCCO1)C2. The summed E-state index contributed by atoms with van der Waals surface area (Å²) in [6.45, 7) is 2.93. The van der Waals surface area contributed by atoms with Gasteiger partial charge < -0.3 is 19.6 Å². The van der Waals surface area contributed by atoms with Crippen LogP contribution in [0.25, 0.3) is 0 Å². The van der Waals surface area contributed by atoms with Gasteiger partial charge in [-0.3, -0.25) is 9.48 Å². The van der Waals surface area contributed by atoms with E-state index in [1.165, 1.54) is 0 Å². The van der Waals surface area contributed by atoms with Crippen molar-refractivity contribution in [2.75, 3.05) is 33.8 Å². The van der Waals surface area contributed by atoms with Crippen LogP contribution in [0.3, 0.4) is 0 Å². The van der Waals surface area contributed by atoms with Gasteiger partial charge in [-0.25, -0.2) is 4.79 Å². The summed E-state index contributed by atoms with van der Waals surface area (Å²) in [4.78, 5) is 27.8. The standard InChI is InChI=1S/C16H24N4O4/c1-18(2)7-8-20-12-5-6-19(15(21)13-4-3-9-24-13)10-11(12)14(17-20)16(22)23/h13H,3-10H2,1-2H3,(H,22,23)/t13-/m1/s1. The Hall–Kier alpha value is -1.93. The molecule has 3 heterocycles. The number of carbonyl (C=O) groups excluding carboxylic acids is 1. The third-order valence-electron chi connectivity index (χ3n) is 4.61. The molecule has 1 N–H and O–H groups in total. The number of aromatic carboxylic acids is 1. The number of carbonyl (C=O) groups is 2. The monoisotopic (exact) mass is 336 g/mol. The Bertz CT molecular complexity index is 634. The first-order valence-corrected chi connectivity index (χ1v) is 8.34. The lowest BCUT2D eigenvalue weighted by atomic mass is 10.0. The molecule has 8 heteroatoms. The molecule has 2 aliphatic rings. The molecule has 1 atom stereocenters. The zero-order valence-corrected chi connectivity index (χ0v) is 14.2. The molecule has 0 radical (unpaired) electrons. The number of carboxylic acids is 1. The molecular formula is C16H24N4O4. The number of hydrogen-bond acceptors (Lipinski definition) is 5. The first-order valence-electron chi connectivity index (χ1n) is 8.34. The lowest BCUT2D eigenvalue weighted by Crippen LogP contribution is -2.42. The minimum absolute atomic E-state index is 0.0319. The van der Waals surface area contributed by atoms with Crippen molar-refractivity contribution in [2.45, 2.75) is 38.5 Å². The Morgan fingerprint density at radius 3 is 2.83 bits per heavy atom.